The van der Waals surface area contributed by atoms with Crippen LogP contribution >= 0.6 is 11.3 Å². The van der Waals surface area contributed by atoms with Crippen LogP contribution in [0, 0.1) is 6.92 Å². The van der Waals surface area contributed by atoms with Crippen molar-refractivity contribution in [1.82, 2.24) is 10.3 Å². The van der Waals surface area contributed by atoms with Crippen molar-refractivity contribution in [2.24, 2.45) is 0 Å². The summed E-state index contributed by atoms with van der Waals surface area (Å²) in [6.07, 6.45) is 5.28. The van der Waals surface area contributed by atoms with E-state index in [1.165, 1.54) is 24.2 Å². The molecule has 1 saturated carbocycles. The van der Waals surface area contributed by atoms with Crippen LogP contribution in [0.5, 0.6) is 0 Å². The van der Waals surface area contributed by atoms with E-state index in [1.807, 2.05) is 6.92 Å². The number of carboxylic acid groups (broad SMARTS) is 1. The summed E-state index contributed by atoms with van der Waals surface area (Å²) in [5, 5.41) is 13.3. The van der Waals surface area contributed by atoms with Gasteiger partial charge in [-0.15, -0.1) is 11.3 Å². The minimum absolute atomic E-state index is 0.293. The number of nitrogens with one attached hydrogen (secondary N) is 1. The van der Waals surface area contributed by atoms with Gasteiger partial charge in [0, 0.05) is 32.0 Å². The van der Waals surface area contributed by atoms with E-state index in [4.69, 9.17) is 4.74 Å². The Balaban J connectivity index is 1.78. The minimum Gasteiger partial charge on any atom is -0.480 e. The molecular weight excluding hydrogens is 316 g/mol. The second kappa shape index (κ2) is 6.57. The number of carbonyl (C=O) groups excluding carboxylic acids is 1. The van der Waals surface area contributed by atoms with Gasteiger partial charge in [0.2, 0.25) is 0 Å². The van der Waals surface area contributed by atoms with Gasteiger partial charge < -0.3 is 15.2 Å². The normalized spacial score (nSPS) is 21.3. The first kappa shape index (κ1) is 16.4. The number of thiazole rings is 1. The SMILES string of the molecule is Cc1nc(C2CCCC2)sc1C(=O)NC1(C(=O)O)CCOCC1. The Hall–Kier alpha value is -1.47. The largest absolute Gasteiger partial charge is 0.480 e. The zero-order chi connectivity index (χ0) is 16.4. The van der Waals surface area contributed by atoms with E-state index >= 15 is 0 Å². The van der Waals surface area contributed by atoms with Gasteiger partial charge in [-0.1, -0.05) is 12.8 Å². The lowest BCUT2D eigenvalue weighted by atomic mass is 9.90. The van der Waals surface area contributed by atoms with Crippen LogP contribution in [0.15, 0.2) is 0 Å². The molecule has 6 nitrogen and oxygen atoms in total. The first-order chi connectivity index (χ1) is 11.0. The number of aromatic nitrogens is 1. The van der Waals surface area contributed by atoms with Crippen molar-refractivity contribution in [3.63, 3.8) is 0 Å². The summed E-state index contributed by atoms with van der Waals surface area (Å²) in [4.78, 5) is 29.4. The van der Waals surface area contributed by atoms with Gasteiger partial charge in [0.15, 0.2) is 0 Å². The number of aryl methyl sites for hydroxylation is 1. The number of carboxylic acids is 1. The first-order valence-corrected chi connectivity index (χ1v) is 8.94. The zero-order valence-electron chi connectivity index (χ0n) is 13.3. The monoisotopic (exact) mass is 338 g/mol. The van der Waals surface area contributed by atoms with E-state index in [1.54, 1.807) is 0 Å². The summed E-state index contributed by atoms with van der Waals surface area (Å²) in [6, 6.07) is 0. The fourth-order valence-corrected chi connectivity index (χ4v) is 4.49. The Morgan fingerprint density at radius 2 is 1.96 bits per heavy atom. The molecule has 0 atom stereocenters. The maximum absolute atomic E-state index is 12.6. The molecule has 2 aliphatic rings. The smallest absolute Gasteiger partial charge is 0.329 e. The summed E-state index contributed by atoms with van der Waals surface area (Å²) < 4.78 is 5.23. The third-order valence-electron chi connectivity index (χ3n) is 4.83. The van der Waals surface area contributed by atoms with Crippen molar-refractivity contribution in [1.29, 1.82) is 0 Å². The molecule has 1 aromatic rings. The van der Waals surface area contributed by atoms with Crippen molar-refractivity contribution in [3.8, 4) is 0 Å². The summed E-state index contributed by atoms with van der Waals surface area (Å²) in [5.41, 5.74) is -0.527. The molecular formula is C16H22N2O4S. The van der Waals surface area contributed by atoms with Crippen LogP contribution in [0.2, 0.25) is 0 Å². The zero-order valence-corrected chi connectivity index (χ0v) is 14.1. The highest BCUT2D eigenvalue weighted by atomic mass is 32.1. The molecule has 0 unspecified atom stereocenters. The van der Waals surface area contributed by atoms with Crippen LogP contribution in [-0.2, 0) is 9.53 Å². The molecule has 2 N–H and O–H groups in total. The molecule has 23 heavy (non-hydrogen) atoms. The molecule has 3 rings (SSSR count). The third-order valence-corrected chi connectivity index (χ3v) is 6.15. The van der Waals surface area contributed by atoms with E-state index in [0.29, 0.717) is 42.5 Å². The number of amides is 1. The molecule has 1 aliphatic carbocycles. The van der Waals surface area contributed by atoms with Gasteiger partial charge >= 0.3 is 5.97 Å². The molecule has 1 aromatic heterocycles. The summed E-state index contributed by atoms with van der Waals surface area (Å²) >= 11 is 1.42. The molecule has 2 heterocycles. The number of hydrogen-bond donors (Lipinski definition) is 2. The highest BCUT2D eigenvalue weighted by Crippen LogP contribution is 2.37. The van der Waals surface area contributed by atoms with Gasteiger partial charge in [-0.3, -0.25) is 4.79 Å². The maximum Gasteiger partial charge on any atom is 0.329 e. The molecule has 1 saturated heterocycles. The average Bonchev–Trinajstić information content (AvgIpc) is 3.17. The van der Waals surface area contributed by atoms with Gasteiger partial charge in [-0.05, 0) is 19.8 Å². The van der Waals surface area contributed by atoms with E-state index in [9.17, 15) is 14.7 Å². The molecule has 126 valence electrons. The summed E-state index contributed by atoms with van der Waals surface area (Å²) in [6.45, 7) is 2.52. The molecule has 0 aromatic carbocycles. The predicted molar refractivity (Wildman–Crippen MR) is 85.9 cm³/mol. The fourth-order valence-electron chi connectivity index (χ4n) is 3.36. The third kappa shape index (κ3) is 3.26. The number of carbonyl (C=O) groups is 2. The Morgan fingerprint density at radius 1 is 1.30 bits per heavy atom. The van der Waals surface area contributed by atoms with Crippen LogP contribution in [-0.4, -0.2) is 40.7 Å². The topological polar surface area (TPSA) is 88.5 Å². The second-order valence-electron chi connectivity index (χ2n) is 6.40. The van der Waals surface area contributed by atoms with Gasteiger partial charge in [0.05, 0.1) is 10.7 Å². The first-order valence-electron chi connectivity index (χ1n) is 8.13. The predicted octanol–water partition coefficient (Wildman–Crippen LogP) is 2.47. The van der Waals surface area contributed by atoms with Gasteiger partial charge in [0.25, 0.3) is 5.91 Å². The standard InChI is InChI=1S/C16H22N2O4S/c1-10-12(23-14(17-10)11-4-2-3-5-11)13(19)18-16(15(20)21)6-8-22-9-7-16/h11H,2-9H2,1H3,(H,18,19)(H,20,21). The van der Waals surface area contributed by atoms with Crippen LogP contribution in [0.4, 0.5) is 0 Å². The van der Waals surface area contributed by atoms with Crippen molar-refractivity contribution in [3.05, 3.63) is 15.6 Å². The van der Waals surface area contributed by atoms with Gasteiger partial charge in [0.1, 0.15) is 10.4 Å². The minimum atomic E-state index is -1.22. The molecule has 0 bridgehead atoms. The van der Waals surface area contributed by atoms with Crippen LogP contribution in [0.25, 0.3) is 0 Å². The van der Waals surface area contributed by atoms with Crippen molar-refractivity contribution in [2.45, 2.75) is 56.9 Å². The lowest BCUT2D eigenvalue weighted by molar-refractivity contribution is -0.148. The van der Waals surface area contributed by atoms with Crippen molar-refractivity contribution in [2.75, 3.05) is 13.2 Å². The van der Waals surface area contributed by atoms with Gasteiger partial charge in [-0.2, -0.15) is 0 Å². The molecule has 2 fully saturated rings. The molecule has 0 spiro atoms. The van der Waals surface area contributed by atoms with E-state index < -0.39 is 11.5 Å². The Morgan fingerprint density at radius 3 is 2.57 bits per heavy atom. The lowest BCUT2D eigenvalue weighted by Gasteiger charge is -2.33. The second-order valence-corrected chi connectivity index (χ2v) is 7.43. The molecule has 1 aliphatic heterocycles. The van der Waals surface area contributed by atoms with E-state index in [2.05, 4.69) is 10.3 Å². The van der Waals surface area contributed by atoms with Gasteiger partial charge in [-0.25, -0.2) is 9.78 Å². The number of rotatable bonds is 4. The molecule has 1 amide bonds. The molecule has 7 heteroatoms. The van der Waals surface area contributed by atoms with Crippen molar-refractivity contribution < 1.29 is 19.4 Å². The highest BCUT2D eigenvalue weighted by Gasteiger charge is 2.42. The number of aliphatic carboxylic acids is 1. The van der Waals surface area contributed by atoms with Crippen LogP contribution in [0.3, 0.4) is 0 Å². The summed E-state index contributed by atoms with van der Waals surface area (Å²) in [5.74, 6) is -0.863. The van der Waals surface area contributed by atoms with Crippen molar-refractivity contribution >= 4 is 23.2 Å². The van der Waals surface area contributed by atoms with Crippen LogP contribution < -0.4 is 5.32 Å². The Bertz CT molecular complexity index is 601. The Labute approximate surface area is 139 Å². The van der Waals surface area contributed by atoms with E-state index in [0.717, 1.165) is 17.8 Å². The quantitative estimate of drug-likeness (QED) is 0.880. The lowest BCUT2D eigenvalue weighted by Crippen LogP contribution is -2.57. The maximum atomic E-state index is 12.6. The number of ether oxygens (including phenoxy) is 1. The summed E-state index contributed by atoms with van der Waals surface area (Å²) in [7, 11) is 0. The average molecular weight is 338 g/mol. The number of hydrogen-bond acceptors (Lipinski definition) is 5. The fraction of sp³-hybridized carbons (Fsp3) is 0.688. The highest BCUT2D eigenvalue weighted by molar-refractivity contribution is 7.13. The number of nitrogens with zero attached hydrogens (tertiary/aromatic N) is 1. The van der Waals surface area contributed by atoms with Crippen LogP contribution in [0.1, 0.15) is 64.8 Å². The Kier molecular flexibility index (Phi) is 4.68. The van der Waals surface area contributed by atoms with E-state index in [-0.39, 0.29) is 5.91 Å². The molecule has 0 radical (unpaired) electrons.